The van der Waals surface area contributed by atoms with Gasteiger partial charge in [-0.25, -0.2) is 4.79 Å². The zero-order valence-electron chi connectivity index (χ0n) is 15.1. The van der Waals surface area contributed by atoms with Crippen LogP contribution in [0.5, 0.6) is 11.5 Å². The number of esters is 2. The van der Waals surface area contributed by atoms with Crippen LogP contribution < -0.4 is 9.47 Å². The molecular weight excluding hydrogens is 346 g/mol. The van der Waals surface area contributed by atoms with Gasteiger partial charge >= 0.3 is 11.9 Å². The first-order valence-electron chi connectivity index (χ1n) is 8.73. The van der Waals surface area contributed by atoms with Gasteiger partial charge in [0.15, 0.2) is 0 Å². The molecule has 2 aromatic rings. The van der Waals surface area contributed by atoms with Crippen LogP contribution in [0.15, 0.2) is 48.5 Å². The second-order valence-electron chi connectivity index (χ2n) is 5.68. The molecule has 0 aromatic heterocycles. The fraction of sp³-hybridized carbons (Fsp3) is 0.286. The predicted molar refractivity (Wildman–Crippen MR) is 98.5 cm³/mol. The number of hydrogen-bond acceptors (Lipinski definition) is 6. The van der Waals surface area contributed by atoms with Crippen molar-refractivity contribution in [2.24, 2.45) is 0 Å². The number of ether oxygens (including phenoxy) is 3. The van der Waals surface area contributed by atoms with Crippen LogP contribution in [0.25, 0.3) is 0 Å². The van der Waals surface area contributed by atoms with Crippen molar-refractivity contribution < 1.29 is 23.8 Å². The van der Waals surface area contributed by atoms with Gasteiger partial charge in [-0.2, -0.15) is 5.26 Å². The minimum absolute atomic E-state index is 0.195. The molecule has 0 unspecified atom stereocenters. The van der Waals surface area contributed by atoms with Crippen molar-refractivity contribution in [1.82, 2.24) is 0 Å². The summed E-state index contributed by atoms with van der Waals surface area (Å²) in [7, 11) is 0. The Bertz CT molecular complexity index is 791. The molecule has 0 aliphatic rings. The predicted octanol–water partition coefficient (Wildman–Crippen LogP) is 3.89. The SMILES string of the molecule is CCC(=O)OCCCCOc1ccc(C(=O)Oc2ccc(C#N)cc2)cc1. The van der Waals surface area contributed by atoms with E-state index in [2.05, 4.69) is 0 Å². The third-order valence-electron chi connectivity index (χ3n) is 3.64. The van der Waals surface area contributed by atoms with Crippen molar-refractivity contribution in [3.63, 3.8) is 0 Å². The van der Waals surface area contributed by atoms with E-state index in [-0.39, 0.29) is 5.97 Å². The summed E-state index contributed by atoms with van der Waals surface area (Å²) in [4.78, 5) is 23.1. The number of benzene rings is 2. The van der Waals surface area contributed by atoms with E-state index in [9.17, 15) is 9.59 Å². The monoisotopic (exact) mass is 367 g/mol. The second-order valence-corrected chi connectivity index (χ2v) is 5.68. The zero-order chi connectivity index (χ0) is 19.5. The molecule has 2 rings (SSSR count). The Labute approximate surface area is 158 Å². The molecule has 0 fully saturated rings. The number of carbonyl (C=O) groups excluding carboxylic acids is 2. The number of rotatable bonds is 9. The van der Waals surface area contributed by atoms with Gasteiger partial charge in [0, 0.05) is 6.42 Å². The van der Waals surface area contributed by atoms with Crippen LogP contribution >= 0.6 is 0 Å². The van der Waals surface area contributed by atoms with Crippen LogP contribution in [0.1, 0.15) is 42.1 Å². The second kappa shape index (κ2) is 10.6. The Kier molecular flexibility index (Phi) is 7.86. The van der Waals surface area contributed by atoms with E-state index >= 15 is 0 Å². The molecule has 0 saturated carbocycles. The summed E-state index contributed by atoms with van der Waals surface area (Å²) in [6, 6.07) is 15.0. The maximum absolute atomic E-state index is 12.1. The minimum Gasteiger partial charge on any atom is -0.494 e. The average Bonchev–Trinajstić information content (AvgIpc) is 2.71. The molecule has 0 amide bonds. The van der Waals surface area contributed by atoms with Gasteiger partial charge in [-0.1, -0.05) is 6.92 Å². The highest BCUT2D eigenvalue weighted by atomic mass is 16.5. The number of unbranched alkanes of at least 4 members (excludes halogenated alkanes) is 1. The van der Waals surface area contributed by atoms with Crippen LogP contribution in [0.3, 0.4) is 0 Å². The minimum atomic E-state index is -0.482. The van der Waals surface area contributed by atoms with Gasteiger partial charge in [-0.05, 0) is 61.4 Å². The number of hydrogen-bond donors (Lipinski definition) is 0. The van der Waals surface area contributed by atoms with E-state index in [1.807, 2.05) is 6.07 Å². The Morgan fingerprint density at radius 2 is 1.56 bits per heavy atom. The summed E-state index contributed by atoms with van der Waals surface area (Å²) in [5, 5.41) is 8.76. The number of nitrogens with zero attached hydrogens (tertiary/aromatic N) is 1. The molecule has 0 spiro atoms. The molecule has 0 aliphatic heterocycles. The molecule has 0 atom stereocenters. The van der Waals surface area contributed by atoms with Gasteiger partial charge in [0.2, 0.25) is 0 Å². The fourth-order valence-corrected chi connectivity index (χ4v) is 2.13. The Balaban J connectivity index is 1.74. The lowest BCUT2D eigenvalue weighted by atomic mass is 10.2. The number of nitriles is 1. The first-order valence-corrected chi connectivity index (χ1v) is 8.73. The summed E-state index contributed by atoms with van der Waals surface area (Å²) in [5.74, 6) is 0.349. The van der Waals surface area contributed by atoms with E-state index < -0.39 is 5.97 Å². The van der Waals surface area contributed by atoms with Gasteiger partial charge in [-0.15, -0.1) is 0 Å². The summed E-state index contributed by atoms with van der Waals surface area (Å²) >= 11 is 0. The third-order valence-corrected chi connectivity index (χ3v) is 3.64. The molecule has 0 saturated heterocycles. The van der Waals surface area contributed by atoms with Crippen LogP contribution in [0.4, 0.5) is 0 Å². The van der Waals surface area contributed by atoms with Crippen molar-refractivity contribution >= 4 is 11.9 Å². The summed E-state index contributed by atoms with van der Waals surface area (Å²) in [6.07, 6.45) is 1.89. The highest BCUT2D eigenvalue weighted by Crippen LogP contribution is 2.16. The standard InChI is InChI=1S/C21H21NO5/c1-2-20(23)26-14-4-3-13-25-18-11-7-17(8-12-18)21(24)27-19-9-5-16(15-22)6-10-19/h5-12H,2-4,13-14H2,1H3. The van der Waals surface area contributed by atoms with Crippen molar-refractivity contribution in [3.05, 3.63) is 59.7 Å². The lowest BCUT2D eigenvalue weighted by Crippen LogP contribution is -2.08. The molecule has 0 aliphatic carbocycles. The lowest BCUT2D eigenvalue weighted by Gasteiger charge is -2.08. The van der Waals surface area contributed by atoms with Crippen LogP contribution in [-0.2, 0) is 9.53 Å². The molecule has 0 N–H and O–H groups in total. The Hall–Kier alpha value is -3.33. The average molecular weight is 367 g/mol. The molecule has 140 valence electrons. The molecule has 6 nitrogen and oxygen atoms in total. The molecule has 27 heavy (non-hydrogen) atoms. The van der Waals surface area contributed by atoms with Gasteiger partial charge in [0.1, 0.15) is 11.5 Å². The summed E-state index contributed by atoms with van der Waals surface area (Å²) in [6.45, 7) is 2.66. The van der Waals surface area contributed by atoms with E-state index in [1.165, 1.54) is 0 Å². The van der Waals surface area contributed by atoms with Crippen molar-refractivity contribution in [2.75, 3.05) is 13.2 Å². The first kappa shape index (κ1) is 20.0. The fourth-order valence-electron chi connectivity index (χ4n) is 2.13. The highest BCUT2D eigenvalue weighted by Gasteiger charge is 2.09. The third kappa shape index (κ3) is 6.83. The van der Waals surface area contributed by atoms with E-state index in [0.29, 0.717) is 42.3 Å². The molecule has 0 heterocycles. The topological polar surface area (TPSA) is 85.6 Å². The van der Waals surface area contributed by atoms with Gasteiger partial charge in [0.05, 0.1) is 30.4 Å². The van der Waals surface area contributed by atoms with Gasteiger partial charge in [-0.3, -0.25) is 4.79 Å². The molecule has 0 bridgehead atoms. The van der Waals surface area contributed by atoms with Crippen LogP contribution in [-0.4, -0.2) is 25.2 Å². The van der Waals surface area contributed by atoms with Crippen molar-refractivity contribution in [1.29, 1.82) is 5.26 Å². The van der Waals surface area contributed by atoms with Crippen molar-refractivity contribution in [3.8, 4) is 17.6 Å². The molecular formula is C21H21NO5. The van der Waals surface area contributed by atoms with E-state index in [0.717, 1.165) is 12.8 Å². The van der Waals surface area contributed by atoms with E-state index in [4.69, 9.17) is 19.5 Å². The number of carbonyl (C=O) groups is 2. The maximum atomic E-state index is 12.1. The highest BCUT2D eigenvalue weighted by molar-refractivity contribution is 5.91. The van der Waals surface area contributed by atoms with Gasteiger partial charge < -0.3 is 14.2 Å². The smallest absolute Gasteiger partial charge is 0.343 e. The van der Waals surface area contributed by atoms with E-state index in [1.54, 1.807) is 55.5 Å². The Morgan fingerprint density at radius 3 is 2.19 bits per heavy atom. The van der Waals surface area contributed by atoms with Crippen LogP contribution in [0.2, 0.25) is 0 Å². The van der Waals surface area contributed by atoms with Gasteiger partial charge in [0.25, 0.3) is 0 Å². The first-order chi connectivity index (χ1) is 13.1. The zero-order valence-corrected chi connectivity index (χ0v) is 15.1. The Morgan fingerprint density at radius 1 is 0.926 bits per heavy atom. The van der Waals surface area contributed by atoms with Crippen LogP contribution in [0, 0.1) is 11.3 Å². The molecule has 2 aromatic carbocycles. The van der Waals surface area contributed by atoms with Crippen molar-refractivity contribution in [2.45, 2.75) is 26.2 Å². The molecule has 0 radical (unpaired) electrons. The maximum Gasteiger partial charge on any atom is 0.343 e. The summed E-state index contributed by atoms with van der Waals surface area (Å²) in [5.41, 5.74) is 0.901. The summed E-state index contributed by atoms with van der Waals surface area (Å²) < 4.78 is 15.8. The molecule has 6 heteroatoms. The quantitative estimate of drug-likeness (QED) is 0.380. The normalized spacial score (nSPS) is 9.93. The largest absolute Gasteiger partial charge is 0.494 e. The lowest BCUT2D eigenvalue weighted by molar-refractivity contribution is -0.143.